The lowest BCUT2D eigenvalue weighted by Crippen LogP contribution is -2.14. The van der Waals surface area contributed by atoms with Gasteiger partial charge in [0.1, 0.15) is 27.2 Å². The second kappa shape index (κ2) is 325. The largest absolute Gasteiger partial charge is 0.412 e. The van der Waals surface area contributed by atoms with Crippen molar-refractivity contribution in [1.82, 2.24) is 0 Å². The molecule has 0 spiro atoms. The van der Waals surface area contributed by atoms with Gasteiger partial charge < -0.3 is 67.9 Å². The zero-order chi connectivity index (χ0) is 20.7. The fraction of sp³-hybridized carbons (Fsp3) is 0.941. The Labute approximate surface area is 312 Å². The molecule has 48 heavy (non-hydrogen) atoms. The zero-order valence-electron chi connectivity index (χ0n) is 17.0. The molecule has 0 aromatic carbocycles. The summed E-state index contributed by atoms with van der Waals surface area (Å²) < 4.78 is 45.6. The molecule has 2 fully saturated rings. The lowest BCUT2D eigenvalue weighted by atomic mass is 11.2. The summed E-state index contributed by atoms with van der Waals surface area (Å²) in [6, 6.07) is 0. The first-order valence-corrected chi connectivity index (χ1v) is 6.83. The molecule has 2 saturated heterocycles. The van der Waals surface area contributed by atoms with Crippen molar-refractivity contribution in [3.63, 3.8) is 0 Å². The predicted octanol–water partition coefficient (Wildman–Crippen LogP) is 11.0. The topological polar surface area (TPSA) is 189 Å². The van der Waals surface area contributed by atoms with Gasteiger partial charge in [-0.05, 0) is 0 Å². The molecule has 2 rings (SSSR count). The highest BCUT2D eigenvalue weighted by atomic mass is 16.8. The Bertz CT molecular complexity index is 160. The van der Waals surface area contributed by atoms with Crippen LogP contribution >= 0.6 is 0 Å². The first kappa shape index (κ1) is 226. The van der Waals surface area contributed by atoms with Gasteiger partial charge >= 0.3 is 0 Å². The molecular formula is C34H116O14. The Hall–Kier alpha value is -1.14. The van der Waals surface area contributed by atoms with Crippen LogP contribution in [0.2, 0.25) is 0 Å². The summed E-state index contributed by atoms with van der Waals surface area (Å²) in [6.07, 6.45) is 0. The fourth-order valence-electron chi connectivity index (χ4n) is 0.793. The van der Waals surface area contributed by atoms with Crippen LogP contribution in [0.3, 0.4) is 0 Å². The summed E-state index contributed by atoms with van der Waals surface area (Å²) >= 11 is 0. The van der Waals surface area contributed by atoms with E-state index in [1.807, 2.05) is 13.6 Å². The third kappa shape index (κ3) is 391. The number of hydrogen-bond acceptors (Lipinski definition) is 12. The van der Waals surface area contributed by atoms with Crippen molar-refractivity contribution in [3.05, 3.63) is 0 Å². The van der Waals surface area contributed by atoms with Crippen molar-refractivity contribution in [1.29, 1.82) is 0 Å². The molecule has 0 aromatic heterocycles. The predicted molar refractivity (Wildman–Crippen MR) is 230 cm³/mol. The first-order valence-electron chi connectivity index (χ1n) is 6.83. The van der Waals surface area contributed by atoms with Crippen molar-refractivity contribution in [3.8, 4) is 0 Å². The van der Waals surface area contributed by atoms with Gasteiger partial charge in [-0.3, -0.25) is 0 Å². The van der Waals surface area contributed by atoms with Crippen LogP contribution in [0.25, 0.3) is 0 Å². The normalized spacial score (nSPS) is 7.92. The number of rotatable bonds is 4. The van der Waals surface area contributed by atoms with E-state index in [0.29, 0.717) is 54.3 Å². The minimum atomic E-state index is 0. The monoisotopic (exact) mass is 749 g/mol. The molecule has 0 aromatic rings. The average Bonchev–Trinajstić information content (AvgIpc) is 2.76. The summed E-state index contributed by atoms with van der Waals surface area (Å²) in [5, 5.41) is 0. The van der Waals surface area contributed by atoms with Gasteiger partial charge in [-0.2, -0.15) is 0 Å². The van der Waals surface area contributed by atoms with Crippen LogP contribution in [-0.2, 0) is 57.0 Å². The first-order chi connectivity index (χ1) is 12.8. The SMILES string of the molecule is C.C.C.C.C.C.C.C.C.C.C.C.C.C.C.C.C.C.C.C.C1OCOCO1.C1OCOCO1.C=O.C=O.COCOC.COCOC.O.O. The maximum Gasteiger partial charge on any atom is 0.152 e. The summed E-state index contributed by atoms with van der Waals surface area (Å²) in [6.45, 7) is 7.03. The van der Waals surface area contributed by atoms with Crippen LogP contribution in [0, 0.1) is 0 Å². The smallest absolute Gasteiger partial charge is 0.152 e. The molecule has 2 aliphatic rings. The molecule has 2 aliphatic heterocycles. The van der Waals surface area contributed by atoms with Crippen molar-refractivity contribution < 1.29 is 67.9 Å². The van der Waals surface area contributed by atoms with Crippen molar-refractivity contribution in [2.45, 2.75) is 149 Å². The molecule has 14 heteroatoms. The third-order valence-electron chi connectivity index (χ3n) is 1.47. The Morgan fingerprint density at radius 3 is 0.417 bits per heavy atom. The molecule has 14 nitrogen and oxygen atoms in total. The molecule has 0 saturated carbocycles. The standard InChI is InChI=1S/2C3H6O3.2C3H8O2.2CH2O.20CH4.2H2O/c2*1-4-2-6-3-5-1;2*1-4-3-5-2;2*1-2;;;;;;;;;;;;;;;;;;;;;;/h2*1-3H2;2*3H2,1-2H3;2*1H2;20*1H4;2*1H2. The zero-order valence-corrected chi connectivity index (χ0v) is 17.0. The molecule has 336 valence electrons. The van der Waals surface area contributed by atoms with Gasteiger partial charge in [0.25, 0.3) is 0 Å². The second-order valence-electron chi connectivity index (χ2n) is 3.32. The minimum Gasteiger partial charge on any atom is -0.412 e. The number of ether oxygens (including phenoxy) is 10. The van der Waals surface area contributed by atoms with E-state index in [-0.39, 0.29) is 159 Å². The lowest BCUT2D eigenvalue weighted by molar-refractivity contribution is -0.247. The number of carbonyl (C=O) groups excluding carboxylic acids is 2. The quantitative estimate of drug-likeness (QED) is 0.248. The van der Waals surface area contributed by atoms with Crippen LogP contribution in [0.5, 0.6) is 0 Å². The molecule has 0 unspecified atom stereocenters. The minimum absolute atomic E-state index is 0. The van der Waals surface area contributed by atoms with Gasteiger partial charge in [0.15, 0.2) is 40.8 Å². The molecule has 0 radical (unpaired) electrons. The molecular weight excluding hydrogens is 632 g/mol. The van der Waals surface area contributed by atoms with Crippen LogP contribution < -0.4 is 0 Å². The van der Waals surface area contributed by atoms with Crippen LogP contribution in [-0.4, -0.2) is 107 Å². The maximum absolute atomic E-state index is 8.00. The van der Waals surface area contributed by atoms with E-state index in [4.69, 9.17) is 9.59 Å². The summed E-state index contributed by atoms with van der Waals surface area (Å²) in [4.78, 5) is 16.0. The molecule has 0 aliphatic carbocycles. The number of carbonyl (C=O) groups is 2. The van der Waals surface area contributed by atoms with Gasteiger partial charge in [-0.25, -0.2) is 0 Å². The van der Waals surface area contributed by atoms with E-state index in [1.165, 1.54) is 0 Å². The van der Waals surface area contributed by atoms with Crippen molar-refractivity contribution in [2.24, 2.45) is 0 Å². The molecule has 0 amide bonds. The van der Waals surface area contributed by atoms with E-state index >= 15 is 0 Å². The molecule has 0 bridgehead atoms. The van der Waals surface area contributed by atoms with Gasteiger partial charge in [-0.15, -0.1) is 0 Å². The van der Waals surface area contributed by atoms with Crippen molar-refractivity contribution >= 4 is 13.6 Å². The highest BCUT2D eigenvalue weighted by molar-refractivity contribution is 5.11. The Kier molecular flexibility index (Phi) is 1530. The lowest BCUT2D eigenvalue weighted by Gasteiger charge is -2.10. The van der Waals surface area contributed by atoms with Crippen LogP contribution in [0.4, 0.5) is 0 Å². The summed E-state index contributed by atoms with van der Waals surface area (Å²) in [5.74, 6) is 0. The van der Waals surface area contributed by atoms with E-state index in [2.05, 4.69) is 47.4 Å². The van der Waals surface area contributed by atoms with Gasteiger partial charge in [0.05, 0.1) is 0 Å². The van der Waals surface area contributed by atoms with Gasteiger partial charge in [-0.1, -0.05) is 149 Å². The molecule has 2 heterocycles. The average molecular weight is 749 g/mol. The maximum atomic E-state index is 8.00. The van der Waals surface area contributed by atoms with E-state index in [0.717, 1.165) is 0 Å². The van der Waals surface area contributed by atoms with Crippen molar-refractivity contribution in [2.75, 3.05) is 82.8 Å². The Balaban J connectivity index is -0.00000000472. The summed E-state index contributed by atoms with van der Waals surface area (Å²) in [5.41, 5.74) is 0. The number of hydrogen-bond donors (Lipinski definition) is 0. The highest BCUT2D eigenvalue weighted by Crippen LogP contribution is 1.87. The third-order valence-corrected chi connectivity index (χ3v) is 1.47. The van der Waals surface area contributed by atoms with Crippen LogP contribution in [0.15, 0.2) is 0 Å². The van der Waals surface area contributed by atoms with Gasteiger partial charge in [0, 0.05) is 28.4 Å². The van der Waals surface area contributed by atoms with Crippen LogP contribution in [0.1, 0.15) is 149 Å². The highest BCUT2D eigenvalue weighted by Gasteiger charge is 1.94. The molecule has 4 N–H and O–H groups in total. The van der Waals surface area contributed by atoms with Gasteiger partial charge in [0.2, 0.25) is 0 Å². The second-order valence-corrected chi connectivity index (χ2v) is 3.32. The Morgan fingerprint density at radius 1 is 0.312 bits per heavy atom. The number of methoxy groups -OCH3 is 4. The van der Waals surface area contributed by atoms with E-state index < -0.39 is 0 Å². The Morgan fingerprint density at radius 2 is 0.396 bits per heavy atom. The fourth-order valence-corrected chi connectivity index (χ4v) is 0.793. The van der Waals surface area contributed by atoms with E-state index in [9.17, 15) is 0 Å². The summed E-state index contributed by atoms with van der Waals surface area (Å²) in [7, 11) is 6.35. The molecule has 0 atom stereocenters. The van der Waals surface area contributed by atoms with E-state index in [1.54, 1.807) is 28.4 Å².